The molecule has 1 saturated heterocycles. The second kappa shape index (κ2) is 6.64. The molecule has 1 heterocycles. The Hall–Kier alpha value is -1.30. The highest BCUT2D eigenvalue weighted by Gasteiger charge is 2.31. The SMILES string of the molecule is CCCC1CC(Nc2cc(C(F)(F)F)ccc2F)CCO1. The summed E-state index contributed by atoms with van der Waals surface area (Å²) in [6.45, 7) is 2.59. The summed E-state index contributed by atoms with van der Waals surface area (Å²) in [6.07, 6.45) is -1.14. The zero-order valence-corrected chi connectivity index (χ0v) is 11.8. The quantitative estimate of drug-likeness (QED) is 0.821. The average molecular weight is 305 g/mol. The molecule has 0 amide bonds. The van der Waals surface area contributed by atoms with Crippen molar-refractivity contribution in [1.29, 1.82) is 0 Å². The first-order valence-corrected chi connectivity index (χ1v) is 7.15. The van der Waals surface area contributed by atoms with Gasteiger partial charge in [-0.15, -0.1) is 0 Å². The molecule has 2 rings (SSSR count). The number of hydrogen-bond donors (Lipinski definition) is 1. The smallest absolute Gasteiger partial charge is 0.380 e. The number of benzene rings is 1. The highest BCUT2D eigenvalue weighted by atomic mass is 19.4. The molecule has 0 spiro atoms. The van der Waals surface area contributed by atoms with Crippen LogP contribution >= 0.6 is 0 Å². The van der Waals surface area contributed by atoms with Crippen molar-refractivity contribution in [2.75, 3.05) is 11.9 Å². The molecule has 0 aromatic heterocycles. The Morgan fingerprint density at radius 1 is 1.33 bits per heavy atom. The van der Waals surface area contributed by atoms with Gasteiger partial charge < -0.3 is 10.1 Å². The maximum atomic E-state index is 13.7. The minimum Gasteiger partial charge on any atom is -0.380 e. The molecule has 2 atom stereocenters. The van der Waals surface area contributed by atoms with E-state index in [4.69, 9.17) is 4.74 Å². The number of hydrogen-bond acceptors (Lipinski definition) is 2. The van der Waals surface area contributed by atoms with Gasteiger partial charge in [0.15, 0.2) is 0 Å². The van der Waals surface area contributed by atoms with Gasteiger partial charge in [-0.25, -0.2) is 4.39 Å². The molecule has 1 aromatic carbocycles. The molecule has 0 radical (unpaired) electrons. The van der Waals surface area contributed by atoms with Crippen LogP contribution in [0, 0.1) is 5.82 Å². The third kappa shape index (κ3) is 4.33. The third-order valence-corrected chi connectivity index (χ3v) is 3.63. The summed E-state index contributed by atoms with van der Waals surface area (Å²) in [7, 11) is 0. The average Bonchev–Trinajstić information content (AvgIpc) is 2.41. The van der Waals surface area contributed by atoms with Gasteiger partial charge in [0, 0.05) is 12.6 Å². The molecule has 0 aliphatic carbocycles. The van der Waals surface area contributed by atoms with E-state index in [1.807, 2.05) is 6.92 Å². The molecule has 1 aromatic rings. The molecular formula is C15H19F4NO. The lowest BCUT2D eigenvalue weighted by atomic mass is 9.99. The van der Waals surface area contributed by atoms with Gasteiger partial charge in [-0.3, -0.25) is 0 Å². The lowest BCUT2D eigenvalue weighted by Crippen LogP contribution is -2.34. The minimum absolute atomic E-state index is 0.0618. The predicted molar refractivity (Wildman–Crippen MR) is 72.7 cm³/mol. The Morgan fingerprint density at radius 2 is 2.10 bits per heavy atom. The molecule has 1 aliphatic rings. The number of alkyl halides is 3. The van der Waals surface area contributed by atoms with Crippen molar-refractivity contribution in [3.05, 3.63) is 29.6 Å². The molecule has 2 nitrogen and oxygen atoms in total. The molecule has 118 valence electrons. The van der Waals surface area contributed by atoms with E-state index in [0.717, 1.165) is 31.0 Å². The van der Waals surface area contributed by atoms with Gasteiger partial charge >= 0.3 is 6.18 Å². The lowest BCUT2D eigenvalue weighted by molar-refractivity contribution is -0.137. The summed E-state index contributed by atoms with van der Waals surface area (Å²) in [5, 5.41) is 2.90. The first-order chi connectivity index (χ1) is 9.90. The first-order valence-electron chi connectivity index (χ1n) is 7.15. The van der Waals surface area contributed by atoms with Crippen molar-refractivity contribution >= 4 is 5.69 Å². The number of halogens is 4. The monoisotopic (exact) mass is 305 g/mol. The van der Waals surface area contributed by atoms with Gasteiger partial charge in [-0.2, -0.15) is 13.2 Å². The van der Waals surface area contributed by atoms with Crippen molar-refractivity contribution in [1.82, 2.24) is 0 Å². The highest BCUT2D eigenvalue weighted by molar-refractivity contribution is 5.48. The summed E-state index contributed by atoms with van der Waals surface area (Å²) in [4.78, 5) is 0. The molecule has 21 heavy (non-hydrogen) atoms. The van der Waals surface area contributed by atoms with Crippen LogP contribution in [0.3, 0.4) is 0 Å². The first kappa shape index (κ1) is 16.1. The standard InChI is InChI=1S/C15H19F4NO/c1-2-3-12-9-11(6-7-21-12)20-14-8-10(15(17,18)19)4-5-13(14)16/h4-5,8,11-12,20H,2-3,6-7,9H2,1H3. The number of ether oxygens (including phenoxy) is 1. The molecule has 1 N–H and O–H groups in total. The van der Waals surface area contributed by atoms with Crippen LogP contribution in [0.1, 0.15) is 38.2 Å². The number of anilines is 1. The lowest BCUT2D eigenvalue weighted by Gasteiger charge is -2.31. The second-order valence-corrected chi connectivity index (χ2v) is 5.34. The third-order valence-electron chi connectivity index (χ3n) is 3.63. The molecular weight excluding hydrogens is 286 g/mol. The molecule has 0 saturated carbocycles. The van der Waals surface area contributed by atoms with Crippen LogP contribution in [0.25, 0.3) is 0 Å². The van der Waals surface area contributed by atoms with E-state index in [1.54, 1.807) is 0 Å². The molecule has 1 fully saturated rings. The summed E-state index contributed by atoms with van der Waals surface area (Å²) in [5.41, 5.74) is -0.935. The van der Waals surface area contributed by atoms with Crippen LogP contribution in [0.4, 0.5) is 23.2 Å². The zero-order chi connectivity index (χ0) is 15.5. The Bertz CT molecular complexity index is 473. The van der Waals surface area contributed by atoms with E-state index < -0.39 is 17.6 Å². The maximum Gasteiger partial charge on any atom is 0.416 e. The minimum atomic E-state index is -4.47. The van der Waals surface area contributed by atoms with Crippen LogP contribution in [-0.4, -0.2) is 18.8 Å². The summed E-state index contributed by atoms with van der Waals surface area (Å²) in [5.74, 6) is -0.665. The van der Waals surface area contributed by atoms with Gasteiger partial charge in [0.2, 0.25) is 0 Å². The fraction of sp³-hybridized carbons (Fsp3) is 0.600. The second-order valence-electron chi connectivity index (χ2n) is 5.34. The van der Waals surface area contributed by atoms with Gasteiger partial charge in [0.25, 0.3) is 0 Å². The van der Waals surface area contributed by atoms with E-state index in [-0.39, 0.29) is 17.8 Å². The van der Waals surface area contributed by atoms with Crippen LogP contribution < -0.4 is 5.32 Å². The van der Waals surface area contributed by atoms with Crippen molar-refractivity contribution < 1.29 is 22.3 Å². The number of nitrogens with one attached hydrogen (secondary N) is 1. The van der Waals surface area contributed by atoms with Crippen LogP contribution in [0.15, 0.2) is 18.2 Å². The van der Waals surface area contributed by atoms with E-state index in [1.165, 1.54) is 0 Å². The van der Waals surface area contributed by atoms with Gasteiger partial charge in [-0.05, 0) is 37.5 Å². The fourth-order valence-electron chi connectivity index (χ4n) is 2.57. The van der Waals surface area contributed by atoms with E-state index in [0.29, 0.717) is 19.4 Å². The Labute approximate surface area is 121 Å². The molecule has 1 aliphatic heterocycles. The van der Waals surface area contributed by atoms with Gasteiger partial charge in [-0.1, -0.05) is 13.3 Å². The largest absolute Gasteiger partial charge is 0.416 e. The molecule has 0 bridgehead atoms. The summed E-state index contributed by atoms with van der Waals surface area (Å²) in [6, 6.07) is 2.38. The number of rotatable bonds is 4. The Balaban J connectivity index is 2.08. The van der Waals surface area contributed by atoms with Crippen LogP contribution in [-0.2, 0) is 10.9 Å². The van der Waals surface area contributed by atoms with Crippen molar-refractivity contribution in [3.63, 3.8) is 0 Å². The van der Waals surface area contributed by atoms with Crippen molar-refractivity contribution in [2.45, 2.75) is 50.9 Å². The van der Waals surface area contributed by atoms with Gasteiger partial charge in [0.1, 0.15) is 5.82 Å². The van der Waals surface area contributed by atoms with E-state index >= 15 is 0 Å². The Kier molecular flexibility index (Phi) is 5.08. The van der Waals surface area contributed by atoms with E-state index in [9.17, 15) is 17.6 Å². The maximum absolute atomic E-state index is 13.7. The highest BCUT2D eigenvalue weighted by Crippen LogP contribution is 2.32. The Morgan fingerprint density at radius 3 is 2.76 bits per heavy atom. The predicted octanol–water partition coefficient (Wildman–Crippen LogP) is 4.60. The fourth-order valence-corrected chi connectivity index (χ4v) is 2.57. The summed E-state index contributed by atoms with van der Waals surface area (Å²) < 4.78 is 57.3. The topological polar surface area (TPSA) is 21.3 Å². The van der Waals surface area contributed by atoms with Crippen LogP contribution in [0.2, 0.25) is 0 Å². The van der Waals surface area contributed by atoms with E-state index in [2.05, 4.69) is 5.32 Å². The summed E-state index contributed by atoms with van der Waals surface area (Å²) >= 11 is 0. The van der Waals surface area contributed by atoms with Crippen molar-refractivity contribution in [2.24, 2.45) is 0 Å². The normalized spacial score (nSPS) is 23.1. The zero-order valence-electron chi connectivity index (χ0n) is 11.8. The van der Waals surface area contributed by atoms with Gasteiger partial charge in [0.05, 0.1) is 17.4 Å². The molecule has 2 unspecified atom stereocenters. The van der Waals surface area contributed by atoms with Crippen LogP contribution in [0.5, 0.6) is 0 Å². The molecule has 6 heteroatoms. The van der Waals surface area contributed by atoms with Crippen molar-refractivity contribution in [3.8, 4) is 0 Å².